The first-order chi connectivity index (χ1) is 4.75. The Labute approximate surface area is 69.8 Å². The van der Waals surface area contributed by atoms with Gasteiger partial charge in [0.05, 0.1) is 4.34 Å². The molecule has 10 heavy (non-hydrogen) atoms. The van der Waals surface area contributed by atoms with Crippen LogP contribution in [-0.4, -0.2) is 0 Å². The minimum Gasteiger partial charge on any atom is -0.324 e. The minimum atomic E-state index is 0.110. The lowest BCUT2D eigenvalue weighted by molar-refractivity contribution is 0.702. The van der Waals surface area contributed by atoms with E-state index < -0.39 is 0 Å². The maximum absolute atomic E-state index is 5.85. The molecule has 3 heteroatoms. The standard InChI is InChI=1S/C7H10ClNS/c1-2-6(9)5-3-4-10-7(5)8/h3-4,6H,2,9H2,1H3/t6-/m0/s1. The second kappa shape index (κ2) is 3.37. The van der Waals surface area contributed by atoms with Gasteiger partial charge in [0, 0.05) is 6.04 Å². The van der Waals surface area contributed by atoms with Crippen molar-refractivity contribution >= 4 is 22.9 Å². The van der Waals surface area contributed by atoms with E-state index in [2.05, 4.69) is 6.92 Å². The third-order valence-corrected chi connectivity index (χ3v) is 2.69. The van der Waals surface area contributed by atoms with E-state index in [-0.39, 0.29) is 6.04 Å². The Morgan fingerprint density at radius 3 is 2.90 bits per heavy atom. The van der Waals surface area contributed by atoms with Crippen LogP contribution in [0.4, 0.5) is 0 Å². The zero-order valence-corrected chi connectivity index (χ0v) is 7.38. The Bertz CT molecular complexity index is 209. The Morgan fingerprint density at radius 2 is 2.50 bits per heavy atom. The zero-order chi connectivity index (χ0) is 7.56. The average molecular weight is 176 g/mol. The van der Waals surface area contributed by atoms with Crippen molar-refractivity contribution in [3.63, 3.8) is 0 Å². The summed E-state index contributed by atoms with van der Waals surface area (Å²) in [6, 6.07) is 2.10. The van der Waals surface area contributed by atoms with Crippen LogP contribution >= 0.6 is 22.9 Å². The molecular formula is C7H10ClNS. The summed E-state index contributed by atoms with van der Waals surface area (Å²) in [6.45, 7) is 2.05. The zero-order valence-electron chi connectivity index (χ0n) is 5.80. The van der Waals surface area contributed by atoms with Crippen LogP contribution in [0.25, 0.3) is 0 Å². The van der Waals surface area contributed by atoms with Crippen molar-refractivity contribution in [1.82, 2.24) is 0 Å². The summed E-state index contributed by atoms with van der Waals surface area (Å²) in [5, 5.41) is 1.97. The van der Waals surface area contributed by atoms with Crippen molar-refractivity contribution in [2.75, 3.05) is 0 Å². The number of rotatable bonds is 2. The molecule has 1 atom stereocenters. The molecular weight excluding hydrogens is 166 g/mol. The summed E-state index contributed by atoms with van der Waals surface area (Å²) < 4.78 is 0.828. The first kappa shape index (κ1) is 8.05. The minimum absolute atomic E-state index is 0.110. The van der Waals surface area contributed by atoms with Crippen molar-refractivity contribution in [2.45, 2.75) is 19.4 Å². The molecule has 0 bridgehead atoms. The second-order valence-electron chi connectivity index (χ2n) is 2.16. The van der Waals surface area contributed by atoms with Crippen LogP contribution in [0, 0.1) is 0 Å². The van der Waals surface area contributed by atoms with E-state index in [9.17, 15) is 0 Å². The normalized spacial score (nSPS) is 13.5. The maximum atomic E-state index is 5.85. The maximum Gasteiger partial charge on any atom is 0.0976 e. The van der Waals surface area contributed by atoms with Gasteiger partial charge in [-0.15, -0.1) is 11.3 Å². The lowest BCUT2D eigenvalue weighted by atomic mass is 10.1. The SMILES string of the molecule is CC[C@H](N)c1ccsc1Cl. The van der Waals surface area contributed by atoms with Gasteiger partial charge in [-0.05, 0) is 23.4 Å². The van der Waals surface area contributed by atoms with Crippen molar-refractivity contribution in [3.05, 3.63) is 21.3 Å². The summed E-state index contributed by atoms with van der Waals surface area (Å²) in [6.07, 6.45) is 0.941. The molecule has 0 aliphatic carbocycles. The molecule has 1 aromatic heterocycles. The van der Waals surface area contributed by atoms with Crippen molar-refractivity contribution in [2.24, 2.45) is 5.73 Å². The lowest BCUT2D eigenvalue weighted by Crippen LogP contribution is -2.07. The quantitative estimate of drug-likeness (QED) is 0.735. The molecule has 0 unspecified atom stereocenters. The largest absolute Gasteiger partial charge is 0.324 e. The van der Waals surface area contributed by atoms with Crippen LogP contribution in [0.15, 0.2) is 11.4 Å². The van der Waals surface area contributed by atoms with E-state index in [1.807, 2.05) is 11.4 Å². The summed E-state index contributed by atoms with van der Waals surface area (Å²) in [4.78, 5) is 0. The van der Waals surface area contributed by atoms with Gasteiger partial charge in [-0.2, -0.15) is 0 Å². The number of hydrogen-bond donors (Lipinski definition) is 1. The fourth-order valence-electron chi connectivity index (χ4n) is 0.790. The van der Waals surface area contributed by atoms with E-state index in [4.69, 9.17) is 17.3 Å². The average Bonchev–Trinajstić information content (AvgIpc) is 2.34. The van der Waals surface area contributed by atoms with E-state index in [0.717, 1.165) is 16.3 Å². The Kier molecular flexibility index (Phi) is 2.72. The third-order valence-electron chi connectivity index (χ3n) is 1.49. The molecule has 0 aliphatic heterocycles. The molecule has 0 saturated heterocycles. The topological polar surface area (TPSA) is 26.0 Å². The van der Waals surface area contributed by atoms with Gasteiger partial charge < -0.3 is 5.73 Å². The summed E-state index contributed by atoms with van der Waals surface area (Å²) in [5.41, 5.74) is 6.84. The van der Waals surface area contributed by atoms with Crippen LogP contribution in [0.3, 0.4) is 0 Å². The van der Waals surface area contributed by atoms with Crippen molar-refractivity contribution in [3.8, 4) is 0 Å². The molecule has 1 aromatic rings. The third kappa shape index (κ3) is 1.51. The fraction of sp³-hybridized carbons (Fsp3) is 0.429. The van der Waals surface area contributed by atoms with Gasteiger partial charge in [-0.25, -0.2) is 0 Å². The molecule has 0 aliphatic rings. The molecule has 2 N–H and O–H groups in total. The highest BCUT2D eigenvalue weighted by atomic mass is 35.5. The predicted molar refractivity (Wildman–Crippen MR) is 46.5 cm³/mol. The van der Waals surface area contributed by atoms with E-state index in [0.29, 0.717) is 0 Å². The van der Waals surface area contributed by atoms with Gasteiger partial charge in [0.2, 0.25) is 0 Å². The molecule has 0 saturated carbocycles. The van der Waals surface area contributed by atoms with E-state index in [1.165, 1.54) is 11.3 Å². The Morgan fingerprint density at radius 1 is 1.80 bits per heavy atom. The van der Waals surface area contributed by atoms with Gasteiger partial charge in [0.25, 0.3) is 0 Å². The predicted octanol–water partition coefficient (Wildman–Crippen LogP) is 2.81. The molecule has 0 aromatic carbocycles. The van der Waals surface area contributed by atoms with E-state index >= 15 is 0 Å². The molecule has 1 rings (SSSR count). The van der Waals surface area contributed by atoms with Crippen LogP contribution in [0.5, 0.6) is 0 Å². The molecule has 0 amide bonds. The van der Waals surface area contributed by atoms with Gasteiger partial charge in [-0.1, -0.05) is 18.5 Å². The highest BCUT2D eigenvalue weighted by Gasteiger charge is 2.07. The number of halogens is 1. The molecule has 0 spiro atoms. The fourth-order valence-corrected chi connectivity index (χ4v) is 1.84. The summed E-state index contributed by atoms with van der Waals surface area (Å²) in [5.74, 6) is 0. The van der Waals surface area contributed by atoms with E-state index in [1.54, 1.807) is 0 Å². The smallest absolute Gasteiger partial charge is 0.0976 e. The number of thiophene rings is 1. The second-order valence-corrected chi connectivity index (χ2v) is 3.68. The van der Waals surface area contributed by atoms with Crippen LogP contribution < -0.4 is 5.73 Å². The van der Waals surface area contributed by atoms with Gasteiger partial charge in [0.15, 0.2) is 0 Å². The molecule has 1 nitrogen and oxygen atoms in total. The summed E-state index contributed by atoms with van der Waals surface area (Å²) >= 11 is 7.39. The number of nitrogens with two attached hydrogens (primary N) is 1. The first-order valence-corrected chi connectivity index (χ1v) is 4.50. The summed E-state index contributed by atoms with van der Waals surface area (Å²) in [7, 11) is 0. The van der Waals surface area contributed by atoms with Crippen LogP contribution in [-0.2, 0) is 0 Å². The van der Waals surface area contributed by atoms with Gasteiger partial charge >= 0.3 is 0 Å². The first-order valence-electron chi connectivity index (χ1n) is 3.24. The molecule has 0 radical (unpaired) electrons. The van der Waals surface area contributed by atoms with Crippen LogP contribution in [0.1, 0.15) is 24.9 Å². The highest BCUT2D eigenvalue weighted by molar-refractivity contribution is 7.14. The lowest BCUT2D eigenvalue weighted by Gasteiger charge is -2.05. The Balaban J connectivity index is 2.82. The van der Waals surface area contributed by atoms with Gasteiger partial charge in [0.1, 0.15) is 0 Å². The molecule has 1 heterocycles. The van der Waals surface area contributed by atoms with Crippen molar-refractivity contribution < 1.29 is 0 Å². The molecule has 0 fully saturated rings. The molecule has 56 valence electrons. The number of hydrogen-bond acceptors (Lipinski definition) is 2. The monoisotopic (exact) mass is 175 g/mol. The van der Waals surface area contributed by atoms with Crippen LogP contribution in [0.2, 0.25) is 4.34 Å². The Hall–Kier alpha value is -0.0500. The van der Waals surface area contributed by atoms with Crippen molar-refractivity contribution in [1.29, 1.82) is 0 Å². The highest BCUT2D eigenvalue weighted by Crippen LogP contribution is 2.28. The van der Waals surface area contributed by atoms with Gasteiger partial charge in [-0.3, -0.25) is 0 Å².